The number of benzene rings is 2. The Morgan fingerprint density at radius 2 is 1.78 bits per heavy atom. The van der Waals surface area contributed by atoms with E-state index in [2.05, 4.69) is 25.3 Å². The lowest BCUT2D eigenvalue weighted by molar-refractivity contribution is 0.238. The van der Waals surface area contributed by atoms with Gasteiger partial charge in [0.05, 0.1) is 4.90 Å². The maximum atomic E-state index is 12.8. The summed E-state index contributed by atoms with van der Waals surface area (Å²) < 4.78 is 97.6. The Kier molecular flexibility index (Phi) is 5.61. The second-order valence-corrected chi connectivity index (χ2v) is 11.0. The molecule has 9 nitrogen and oxygen atoms in total. The van der Waals surface area contributed by atoms with Crippen LogP contribution in [0.2, 0.25) is 0 Å². The predicted molar refractivity (Wildman–Crippen MR) is 147 cm³/mol. The monoisotopic (exact) mass is 532 g/mol. The summed E-state index contributed by atoms with van der Waals surface area (Å²) in [7, 11) is -3.74. The predicted octanol–water partition coefficient (Wildman–Crippen LogP) is 4.82. The summed E-state index contributed by atoms with van der Waals surface area (Å²) in [4.78, 5) is 9.44. The van der Waals surface area contributed by atoms with E-state index in [0.29, 0.717) is 27.8 Å². The van der Waals surface area contributed by atoms with E-state index >= 15 is 0 Å². The second-order valence-electron chi connectivity index (χ2n) is 9.36. The quantitative estimate of drug-likeness (QED) is 0.341. The van der Waals surface area contributed by atoms with Crippen LogP contribution in [0, 0.1) is 6.92 Å². The van der Waals surface area contributed by atoms with Crippen molar-refractivity contribution in [1.82, 2.24) is 19.6 Å². The van der Waals surface area contributed by atoms with Gasteiger partial charge in [0, 0.05) is 46.2 Å². The van der Waals surface area contributed by atoms with Crippen LogP contribution in [0.3, 0.4) is 0 Å². The highest BCUT2D eigenvalue weighted by Gasteiger charge is 2.22. The molecular weight excluding hydrogens is 488 g/mol. The highest BCUT2D eigenvalue weighted by molar-refractivity contribution is 7.89. The van der Waals surface area contributed by atoms with Crippen LogP contribution >= 0.6 is 0 Å². The largest absolute Gasteiger partial charge is 0.492 e. The lowest BCUT2D eigenvalue weighted by Gasteiger charge is -2.20. The molecule has 3 aromatic rings. The number of ether oxygens (including phenoxy) is 1. The topological polar surface area (TPSA) is 108 Å². The van der Waals surface area contributed by atoms with Crippen LogP contribution in [0.1, 0.15) is 50.0 Å². The molecule has 1 aromatic heterocycles. The molecule has 198 valence electrons. The van der Waals surface area contributed by atoms with Crippen molar-refractivity contribution in [2.45, 2.75) is 50.9 Å². The fourth-order valence-electron chi connectivity index (χ4n) is 3.32. The van der Waals surface area contributed by atoms with Crippen LogP contribution in [-0.2, 0) is 10.0 Å². The van der Waals surface area contributed by atoms with Gasteiger partial charge in [0.2, 0.25) is 16.0 Å². The molecule has 0 aliphatic carbocycles. The van der Waals surface area contributed by atoms with E-state index < -0.39 is 47.8 Å². The van der Waals surface area contributed by atoms with Crippen molar-refractivity contribution < 1.29 is 24.1 Å². The number of rotatable bonds is 10. The summed E-state index contributed by atoms with van der Waals surface area (Å²) in [6, 6.07) is 12.9. The smallest absolute Gasteiger partial charge is 0.241 e. The minimum atomic E-state index is -3.74. The molecule has 0 saturated carbocycles. The number of sulfonamides is 1. The molecule has 0 amide bonds. The van der Waals surface area contributed by atoms with Crippen molar-refractivity contribution in [3.8, 4) is 5.75 Å². The molecular formula is C27H36N6O3S. The minimum absolute atomic E-state index is 0.106. The number of anilines is 4. The molecule has 2 heterocycles. The summed E-state index contributed by atoms with van der Waals surface area (Å²) in [5.74, 6) is 1.09. The van der Waals surface area contributed by atoms with Gasteiger partial charge >= 0.3 is 0 Å². The number of aryl methyl sites for hydroxylation is 1. The third-order valence-corrected chi connectivity index (χ3v) is 6.71. The molecule has 3 N–H and O–H groups in total. The maximum absolute atomic E-state index is 12.8. The van der Waals surface area contributed by atoms with E-state index in [1.807, 2.05) is 0 Å². The summed E-state index contributed by atoms with van der Waals surface area (Å²) in [5, 5.41) is 6.21. The van der Waals surface area contributed by atoms with Gasteiger partial charge < -0.3 is 15.4 Å². The van der Waals surface area contributed by atoms with Crippen LogP contribution in [0.15, 0.2) is 59.6 Å². The van der Waals surface area contributed by atoms with Gasteiger partial charge in [0.15, 0.2) is 0 Å². The van der Waals surface area contributed by atoms with E-state index in [9.17, 15) is 8.42 Å². The zero-order valence-corrected chi connectivity index (χ0v) is 21.9. The zero-order valence-electron chi connectivity index (χ0n) is 29.1. The molecule has 4 rings (SSSR count). The van der Waals surface area contributed by atoms with E-state index in [4.69, 9.17) is 15.7 Å². The van der Waals surface area contributed by atoms with Gasteiger partial charge in [-0.25, -0.2) is 18.1 Å². The summed E-state index contributed by atoms with van der Waals surface area (Å²) in [6.45, 7) is 0.678. The van der Waals surface area contributed by atoms with Crippen LogP contribution in [0.5, 0.6) is 5.75 Å². The normalized spacial score (nSPS) is 23.1. The third kappa shape index (κ3) is 7.88. The van der Waals surface area contributed by atoms with Crippen molar-refractivity contribution in [3.63, 3.8) is 0 Å². The Bertz CT molecular complexity index is 1620. The fraction of sp³-hybridized carbons (Fsp3) is 0.407. The first kappa shape index (κ1) is 18.1. The number of nitrogens with one attached hydrogen (secondary N) is 3. The van der Waals surface area contributed by atoms with E-state index in [0.717, 1.165) is 5.56 Å². The summed E-state index contributed by atoms with van der Waals surface area (Å²) >= 11 is 0. The van der Waals surface area contributed by atoms with Crippen LogP contribution in [-0.4, -0.2) is 55.0 Å². The van der Waals surface area contributed by atoms with E-state index in [1.54, 1.807) is 70.3 Å². The number of hydrogen-bond acceptors (Lipinski definition) is 8. The molecule has 37 heavy (non-hydrogen) atoms. The van der Waals surface area contributed by atoms with Crippen molar-refractivity contribution >= 4 is 33.2 Å². The Morgan fingerprint density at radius 1 is 1.05 bits per heavy atom. The molecule has 0 atom stereocenters. The molecule has 1 saturated heterocycles. The molecule has 10 heteroatoms. The average molecular weight is 533 g/mol. The first-order valence-corrected chi connectivity index (χ1v) is 13.1. The molecule has 0 spiro atoms. The van der Waals surface area contributed by atoms with E-state index in [-0.39, 0.29) is 17.5 Å². The SMILES string of the molecule is [2H]C1([2H])N(CCOc2ccc(Nc3ncc(C)c(Nc4cccc(S(=O)(=O)NC(C)(C)C)c4)n3)cc2)C([2H])([2H])C([2H])([2H])C1([2H])[2H]. The van der Waals surface area contributed by atoms with Crippen molar-refractivity contribution in [2.75, 3.05) is 36.8 Å². The Labute approximate surface area is 231 Å². The van der Waals surface area contributed by atoms with Crippen LogP contribution in [0.25, 0.3) is 0 Å². The first-order chi connectivity index (χ1) is 20.6. The summed E-state index contributed by atoms with van der Waals surface area (Å²) in [6.07, 6.45) is -4.56. The summed E-state index contributed by atoms with van der Waals surface area (Å²) in [5.41, 5.74) is 1.20. The number of nitrogens with zero attached hydrogens (tertiary/aromatic N) is 3. The van der Waals surface area contributed by atoms with Gasteiger partial charge in [-0.1, -0.05) is 6.07 Å². The average Bonchev–Trinajstić information content (AvgIpc) is 2.98. The van der Waals surface area contributed by atoms with E-state index in [1.165, 1.54) is 12.1 Å². The number of aromatic nitrogens is 2. The Hall–Kier alpha value is -3.21. The van der Waals surface area contributed by atoms with Crippen molar-refractivity contribution in [2.24, 2.45) is 0 Å². The molecule has 0 radical (unpaired) electrons. The molecule has 1 fully saturated rings. The van der Waals surface area contributed by atoms with Crippen LogP contribution < -0.4 is 20.1 Å². The van der Waals surface area contributed by atoms with Crippen LogP contribution in [0.4, 0.5) is 23.1 Å². The van der Waals surface area contributed by atoms with Crippen molar-refractivity contribution in [1.29, 1.82) is 0 Å². The lowest BCUT2D eigenvalue weighted by atomic mass is 10.1. The highest BCUT2D eigenvalue weighted by Crippen LogP contribution is 2.24. The first-order valence-electron chi connectivity index (χ1n) is 15.6. The van der Waals surface area contributed by atoms with Gasteiger partial charge in [-0.2, -0.15) is 4.98 Å². The number of hydrogen-bond donors (Lipinski definition) is 3. The molecule has 1 aliphatic rings. The maximum Gasteiger partial charge on any atom is 0.241 e. The zero-order chi connectivity index (χ0) is 33.6. The molecule has 0 unspecified atom stereocenters. The minimum Gasteiger partial charge on any atom is -0.492 e. The molecule has 0 bridgehead atoms. The standard InChI is InChI=1S/C27H36N6O3S/c1-20-19-28-26(30-21-10-12-23(13-11-21)36-17-16-33-14-5-6-15-33)31-25(20)29-22-8-7-9-24(18-22)37(34,35)32-27(2,3)4/h7-13,18-19,32H,5-6,14-17H2,1-4H3,(H2,28,29,30,31)/i5D2,6D2,14D2,15D2. The highest BCUT2D eigenvalue weighted by atomic mass is 32.2. The number of likely N-dealkylation sites (tertiary alicyclic amines) is 1. The Balaban J connectivity index is 1.40. The third-order valence-electron chi connectivity index (χ3n) is 4.96. The van der Waals surface area contributed by atoms with Gasteiger partial charge in [-0.05, 0) is 95.9 Å². The molecule has 1 aliphatic heterocycles. The molecule has 2 aromatic carbocycles. The fourth-order valence-corrected chi connectivity index (χ4v) is 4.78. The van der Waals surface area contributed by atoms with Gasteiger partial charge in [-0.15, -0.1) is 0 Å². The lowest BCUT2D eigenvalue weighted by Crippen LogP contribution is -2.40. The van der Waals surface area contributed by atoms with Gasteiger partial charge in [0.1, 0.15) is 18.2 Å². The van der Waals surface area contributed by atoms with Crippen molar-refractivity contribution in [3.05, 3.63) is 60.3 Å². The van der Waals surface area contributed by atoms with Gasteiger partial charge in [0.25, 0.3) is 0 Å². The Morgan fingerprint density at radius 3 is 2.49 bits per heavy atom. The van der Waals surface area contributed by atoms with Gasteiger partial charge in [-0.3, -0.25) is 4.90 Å². The second kappa shape index (κ2) is 11.5.